The Morgan fingerprint density at radius 2 is 1.87 bits per heavy atom. The van der Waals surface area contributed by atoms with Gasteiger partial charge in [-0.2, -0.15) is 0 Å². The lowest BCUT2D eigenvalue weighted by Gasteiger charge is -2.01. The van der Waals surface area contributed by atoms with Crippen LogP contribution >= 0.6 is 0 Å². The topological polar surface area (TPSA) is 39.0 Å². The van der Waals surface area contributed by atoms with Gasteiger partial charge >= 0.3 is 5.69 Å². The molecule has 2 aromatic rings. The maximum atomic E-state index is 11.7. The molecule has 0 bridgehead atoms. The SMILES string of the molecule is CNCc1ccc2c(c1)n(C)c(=O)n2C. The first-order chi connectivity index (χ1) is 7.15. The third-order valence-corrected chi connectivity index (χ3v) is 2.72. The van der Waals surface area contributed by atoms with Gasteiger partial charge in [-0.3, -0.25) is 9.13 Å². The molecule has 0 aliphatic carbocycles. The summed E-state index contributed by atoms with van der Waals surface area (Å²) in [5.74, 6) is 0. The van der Waals surface area contributed by atoms with Crippen LogP contribution in [0, 0.1) is 0 Å². The van der Waals surface area contributed by atoms with E-state index in [9.17, 15) is 4.79 Å². The molecule has 80 valence electrons. The lowest BCUT2D eigenvalue weighted by Crippen LogP contribution is -2.19. The van der Waals surface area contributed by atoms with Gasteiger partial charge in [-0.1, -0.05) is 6.07 Å². The fraction of sp³-hybridized carbons (Fsp3) is 0.364. The van der Waals surface area contributed by atoms with Crippen LogP contribution in [0.3, 0.4) is 0 Å². The van der Waals surface area contributed by atoms with Gasteiger partial charge in [0.2, 0.25) is 0 Å². The molecule has 1 N–H and O–H groups in total. The first kappa shape index (κ1) is 9.98. The molecule has 1 aromatic carbocycles. The molecule has 0 saturated carbocycles. The third-order valence-electron chi connectivity index (χ3n) is 2.72. The van der Waals surface area contributed by atoms with E-state index in [1.807, 2.05) is 25.2 Å². The Kier molecular flexibility index (Phi) is 2.36. The van der Waals surface area contributed by atoms with Crippen LogP contribution in [0.1, 0.15) is 5.56 Å². The zero-order valence-corrected chi connectivity index (χ0v) is 9.24. The normalized spacial score (nSPS) is 11.1. The quantitative estimate of drug-likeness (QED) is 0.779. The predicted molar refractivity (Wildman–Crippen MR) is 60.9 cm³/mol. The van der Waals surface area contributed by atoms with E-state index in [0.29, 0.717) is 0 Å². The van der Waals surface area contributed by atoms with E-state index in [2.05, 4.69) is 5.32 Å². The smallest absolute Gasteiger partial charge is 0.316 e. The summed E-state index contributed by atoms with van der Waals surface area (Å²) >= 11 is 0. The number of nitrogens with zero attached hydrogens (tertiary/aromatic N) is 2. The molecule has 2 rings (SSSR count). The second-order valence-electron chi connectivity index (χ2n) is 3.75. The zero-order valence-electron chi connectivity index (χ0n) is 9.24. The summed E-state index contributed by atoms with van der Waals surface area (Å²) in [6, 6.07) is 6.08. The summed E-state index contributed by atoms with van der Waals surface area (Å²) in [7, 11) is 5.50. The summed E-state index contributed by atoms with van der Waals surface area (Å²) in [6.07, 6.45) is 0. The standard InChI is InChI=1S/C11H15N3O/c1-12-7-8-4-5-9-10(6-8)14(3)11(15)13(9)2/h4-6,12H,7H2,1-3H3. The lowest BCUT2D eigenvalue weighted by atomic mass is 10.2. The molecule has 4 nitrogen and oxygen atoms in total. The Morgan fingerprint density at radius 3 is 2.53 bits per heavy atom. The van der Waals surface area contributed by atoms with E-state index in [1.165, 1.54) is 5.56 Å². The fourth-order valence-corrected chi connectivity index (χ4v) is 1.87. The fourth-order valence-electron chi connectivity index (χ4n) is 1.87. The second-order valence-corrected chi connectivity index (χ2v) is 3.75. The van der Waals surface area contributed by atoms with Gasteiger partial charge in [0.1, 0.15) is 0 Å². The van der Waals surface area contributed by atoms with Crippen molar-refractivity contribution in [3.8, 4) is 0 Å². The second kappa shape index (κ2) is 3.55. The van der Waals surface area contributed by atoms with Crippen LogP contribution in [0.5, 0.6) is 0 Å². The maximum Gasteiger partial charge on any atom is 0.328 e. The number of aryl methyl sites for hydroxylation is 2. The van der Waals surface area contributed by atoms with Crippen molar-refractivity contribution in [1.82, 2.24) is 14.5 Å². The van der Waals surface area contributed by atoms with Gasteiger partial charge in [0.05, 0.1) is 11.0 Å². The van der Waals surface area contributed by atoms with Gasteiger partial charge in [-0.15, -0.1) is 0 Å². The molecule has 1 heterocycles. The number of aromatic nitrogens is 2. The minimum absolute atomic E-state index is 0.0200. The molecule has 0 aliphatic rings. The van der Waals surface area contributed by atoms with Crippen LogP contribution in [-0.4, -0.2) is 16.2 Å². The molecule has 4 heteroatoms. The molecule has 0 atom stereocenters. The van der Waals surface area contributed by atoms with Gasteiger partial charge in [0.15, 0.2) is 0 Å². The van der Waals surface area contributed by atoms with E-state index in [1.54, 1.807) is 23.2 Å². The number of hydrogen-bond acceptors (Lipinski definition) is 2. The van der Waals surface area contributed by atoms with Crippen molar-refractivity contribution in [2.75, 3.05) is 7.05 Å². The maximum absolute atomic E-state index is 11.7. The average molecular weight is 205 g/mol. The highest BCUT2D eigenvalue weighted by Crippen LogP contribution is 2.13. The zero-order chi connectivity index (χ0) is 11.0. The van der Waals surface area contributed by atoms with Crippen molar-refractivity contribution >= 4 is 11.0 Å². The Balaban J connectivity index is 2.71. The molecule has 0 amide bonds. The monoisotopic (exact) mass is 205 g/mol. The highest BCUT2D eigenvalue weighted by atomic mass is 16.1. The third kappa shape index (κ3) is 1.47. The lowest BCUT2D eigenvalue weighted by molar-refractivity contribution is 0.794. The van der Waals surface area contributed by atoms with E-state index in [-0.39, 0.29) is 5.69 Å². The number of hydrogen-bond donors (Lipinski definition) is 1. The molecule has 1 aromatic heterocycles. The number of nitrogens with one attached hydrogen (secondary N) is 1. The van der Waals surface area contributed by atoms with E-state index < -0.39 is 0 Å². The largest absolute Gasteiger partial charge is 0.328 e. The molecular weight excluding hydrogens is 190 g/mol. The first-order valence-corrected chi connectivity index (χ1v) is 4.94. The molecule has 0 aliphatic heterocycles. The summed E-state index contributed by atoms with van der Waals surface area (Å²) in [6.45, 7) is 0.818. The predicted octanol–water partition coefficient (Wildman–Crippen LogP) is 0.596. The van der Waals surface area contributed by atoms with Gasteiger partial charge in [0.25, 0.3) is 0 Å². The molecule has 0 spiro atoms. The molecule has 15 heavy (non-hydrogen) atoms. The molecule has 0 saturated heterocycles. The van der Waals surface area contributed by atoms with Crippen molar-refractivity contribution in [2.45, 2.75) is 6.54 Å². The van der Waals surface area contributed by atoms with Crippen LogP contribution in [0.25, 0.3) is 11.0 Å². The first-order valence-electron chi connectivity index (χ1n) is 4.94. The number of benzene rings is 1. The minimum Gasteiger partial charge on any atom is -0.316 e. The van der Waals surface area contributed by atoms with Crippen molar-refractivity contribution in [3.05, 3.63) is 34.2 Å². The van der Waals surface area contributed by atoms with Gasteiger partial charge in [-0.05, 0) is 24.7 Å². The highest BCUT2D eigenvalue weighted by Gasteiger charge is 2.07. The number of fused-ring (bicyclic) bond motifs is 1. The molecule has 0 fully saturated rings. The van der Waals surface area contributed by atoms with Gasteiger partial charge in [-0.25, -0.2) is 4.79 Å². The van der Waals surface area contributed by atoms with E-state index in [0.717, 1.165) is 17.6 Å². The molecule has 0 radical (unpaired) electrons. The summed E-state index contributed by atoms with van der Waals surface area (Å²) in [5, 5.41) is 3.10. The molecular formula is C11H15N3O. The Morgan fingerprint density at radius 1 is 1.20 bits per heavy atom. The van der Waals surface area contributed by atoms with E-state index >= 15 is 0 Å². The van der Waals surface area contributed by atoms with Crippen molar-refractivity contribution < 1.29 is 0 Å². The van der Waals surface area contributed by atoms with E-state index in [4.69, 9.17) is 0 Å². The average Bonchev–Trinajstić information content (AvgIpc) is 2.45. The van der Waals surface area contributed by atoms with Crippen molar-refractivity contribution in [1.29, 1.82) is 0 Å². The summed E-state index contributed by atoms with van der Waals surface area (Å²) in [4.78, 5) is 11.7. The highest BCUT2D eigenvalue weighted by molar-refractivity contribution is 5.76. The summed E-state index contributed by atoms with van der Waals surface area (Å²) < 4.78 is 3.34. The van der Waals surface area contributed by atoms with Gasteiger partial charge in [0, 0.05) is 20.6 Å². The van der Waals surface area contributed by atoms with Crippen LogP contribution in [0.2, 0.25) is 0 Å². The van der Waals surface area contributed by atoms with Crippen LogP contribution in [0.4, 0.5) is 0 Å². The van der Waals surface area contributed by atoms with Crippen LogP contribution < -0.4 is 11.0 Å². The molecule has 0 unspecified atom stereocenters. The van der Waals surface area contributed by atoms with Crippen molar-refractivity contribution in [3.63, 3.8) is 0 Å². The van der Waals surface area contributed by atoms with Crippen LogP contribution in [-0.2, 0) is 20.6 Å². The number of rotatable bonds is 2. The van der Waals surface area contributed by atoms with Gasteiger partial charge < -0.3 is 5.32 Å². The minimum atomic E-state index is 0.0200. The number of imidazole rings is 1. The Bertz CT molecular complexity index is 551. The van der Waals surface area contributed by atoms with Crippen molar-refractivity contribution in [2.24, 2.45) is 14.1 Å². The Hall–Kier alpha value is -1.55. The summed E-state index contributed by atoms with van der Waals surface area (Å²) in [5.41, 5.74) is 3.16. The van der Waals surface area contributed by atoms with Crippen LogP contribution in [0.15, 0.2) is 23.0 Å². The Labute approximate surface area is 88.1 Å².